The molecule has 1 aliphatic heterocycles. The van der Waals surface area contributed by atoms with Gasteiger partial charge in [-0.2, -0.15) is 0 Å². The van der Waals surface area contributed by atoms with Gasteiger partial charge < -0.3 is 5.73 Å². The lowest BCUT2D eigenvalue weighted by atomic mass is 9.75. The minimum atomic E-state index is 0.351. The molecule has 0 aromatic heterocycles. The van der Waals surface area contributed by atoms with E-state index in [4.69, 9.17) is 5.73 Å². The summed E-state index contributed by atoms with van der Waals surface area (Å²) in [5, 5.41) is 0. The first kappa shape index (κ1) is 14.3. The van der Waals surface area contributed by atoms with Crippen LogP contribution in [0.5, 0.6) is 0 Å². The van der Waals surface area contributed by atoms with E-state index in [1.165, 1.54) is 58.0 Å². The summed E-state index contributed by atoms with van der Waals surface area (Å²) in [6, 6.07) is 0. The molecule has 0 bridgehead atoms. The van der Waals surface area contributed by atoms with Crippen molar-refractivity contribution >= 4 is 0 Å². The predicted molar refractivity (Wildman–Crippen MR) is 78.6 cm³/mol. The fourth-order valence-corrected chi connectivity index (χ4v) is 4.37. The van der Waals surface area contributed by atoms with Crippen LogP contribution >= 0.6 is 0 Å². The number of nitrogens with zero attached hydrogens (tertiary/aromatic N) is 1. The largest absolute Gasteiger partial charge is 0.329 e. The maximum Gasteiger partial charge on any atom is 0.0359 e. The zero-order valence-electron chi connectivity index (χ0n) is 12.7. The van der Waals surface area contributed by atoms with Gasteiger partial charge in [-0.1, -0.05) is 40.0 Å². The van der Waals surface area contributed by atoms with Gasteiger partial charge in [0.25, 0.3) is 0 Å². The fourth-order valence-electron chi connectivity index (χ4n) is 4.37. The molecule has 0 spiro atoms. The van der Waals surface area contributed by atoms with E-state index in [0.717, 1.165) is 12.5 Å². The molecule has 1 saturated carbocycles. The number of likely N-dealkylation sites (tertiary alicyclic amines) is 1. The summed E-state index contributed by atoms with van der Waals surface area (Å²) in [5.74, 6) is 0.841. The molecule has 18 heavy (non-hydrogen) atoms. The van der Waals surface area contributed by atoms with Crippen molar-refractivity contribution in [3.8, 4) is 0 Å². The summed E-state index contributed by atoms with van der Waals surface area (Å²) in [5.41, 5.74) is 7.16. The van der Waals surface area contributed by atoms with Crippen LogP contribution in [-0.4, -0.2) is 30.1 Å². The molecule has 2 unspecified atom stereocenters. The number of nitrogens with two attached hydrogens (primary N) is 1. The molecule has 2 fully saturated rings. The maximum absolute atomic E-state index is 6.22. The summed E-state index contributed by atoms with van der Waals surface area (Å²) in [6.45, 7) is 10.6. The zero-order valence-corrected chi connectivity index (χ0v) is 12.7. The highest BCUT2D eigenvalue weighted by atomic mass is 15.2. The average Bonchev–Trinajstić information content (AvgIpc) is 2.83. The van der Waals surface area contributed by atoms with Crippen LogP contribution in [0.3, 0.4) is 0 Å². The average molecular weight is 252 g/mol. The van der Waals surface area contributed by atoms with Gasteiger partial charge >= 0.3 is 0 Å². The fraction of sp³-hybridized carbons (Fsp3) is 1.00. The summed E-state index contributed by atoms with van der Waals surface area (Å²) < 4.78 is 0. The van der Waals surface area contributed by atoms with Crippen molar-refractivity contribution in [2.24, 2.45) is 17.1 Å². The van der Waals surface area contributed by atoms with E-state index < -0.39 is 0 Å². The van der Waals surface area contributed by atoms with Crippen LogP contribution < -0.4 is 5.73 Å². The van der Waals surface area contributed by atoms with Gasteiger partial charge in [-0.15, -0.1) is 0 Å². The van der Waals surface area contributed by atoms with Crippen LogP contribution in [0, 0.1) is 11.3 Å². The Morgan fingerprint density at radius 2 is 1.83 bits per heavy atom. The summed E-state index contributed by atoms with van der Waals surface area (Å²) in [4.78, 5) is 2.77. The minimum absolute atomic E-state index is 0.351. The Morgan fingerprint density at radius 3 is 2.33 bits per heavy atom. The Kier molecular flexibility index (Phi) is 4.38. The molecular formula is C16H32N2. The number of hydrogen-bond donors (Lipinski definition) is 1. The molecule has 2 atom stereocenters. The first-order valence-electron chi connectivity index (χ1n) is 8.05. The molecule has 2 heteroatoms. The lowest BCUT2D eigenvalue weighted by Gasteiger charge is -2.50. The van der Waals surface area contributed by atoms with Gasteiger partial charge in [0.15, 0.2) is 0 Å². The van der Waals surface area contributed by atoms with Gasteiger partial charge in [0, 0.05) is 12.1 Å². The van der Waals surface area contributed by atoms with Crippen molar-refractivity contribution in [1.82, 2.24) is 4.90 Å². The quantitative estimate of drug-likeness (QED) is 0.831. The molecule has 1 aliphatic carbocycles. The smallest absolute Gasteiger partial charge is 0.0359 e. The standard InChI is InChI=1S/C16H32N2/c1-4-14-7-6-8-16(14,13-17)18-11-9-15(3,5-2)10-12-18/h14H,4-13,17H2,1-3H3. The second-order valence-electron chi connectivity index (χ2n) is 6.96. The van der Waals surface area contributed by atoms with E-state index >= 15 is 0 Å². The topological polar surface area (TPSA) is 29.3 Å². The maximum atomic E-state index is 6.22. The third-order valence-electron chi connectivity index (χ3n) is 6.22. The van der Waals surface area contributed by atoms with E-state index in [2.05, 4.69) is 25.7 Å². The van der Waals surface area contributed by atoms with E-state index in [1.54, 1.807) is 0 Å². The van der Waals surface area contributed by atoms with Crippen LogP contribution in [-0.2, 0) is 0 Å². The van der Waals surface area contributed by atoms with Crippen molar-refractivity contribution in [3.63, 3.8) is 0 Å². The highest BCUT2D eigenvalue weighted by Crippen LogP contribution is 2.45. The molecule has 106 valence electrons. The number of piperidine rings is 1. The van der Waals surface area contributed by atoms with Gasteiger partial charge in [0.1, 0.15) is 0 Å². The molecule has 0 radical (unpaired) electrons. The molecular weight excluding hydrogens is 220 g/mol. The van der Waals surface area contributed by atoms with Gasteiger partial charge in [0.05, 0.1) is 0 Å². The van der Waals surface area contributed by atoms with Crippen molar-refractivity contribution in [1.29, 1.82) is 0 Å². The van der Waals surface area contributed by atoms with Gasteiger partial charge in [-0.25, -0.2) is 0 Å². The van der Waals surface area contributed by atoms with E-state index in [-0.39, 0.29) is 0 Å². The lowest BCUT2D eigenvalue weighted by molar-refractivity contribution is 0.00161. The van der Waals surface area contributed by atoms with E-state index in [0.29, 0.717) is 11.0 Å². The van der Waals surface area contributed by atoms with Gasteiger partial charge in [-0.05, 0) is 50.1 Å². The van der Waals surface area contributed by atoms with Crippen molar-refractivity contribution in [2.45, 2.75) is 71.3 Å². The Balaban J connectivity index is 2.06. The van der Waals surface area contributed by atoms with E-state index in [1.807, 2.05) is 0 Å². The summed E-state index contributed by atoms with van der Waals surface area (Å²) in [7, 11) is 0. The first-order chi connectivity index (χ1) is 8.60. The normalized spacial score (nSPS) is 37.0. The van der Waals surface area contributed by atoms with Crippen molar-refractivity contribution in [2.75, 3.05) is 19.6 Å². The van der Waals surface area contributed by atoms with Crippen LogP contribution in [0.15, 0.2) is 0 Å². The SMILES string of the molecule is CCC1CCCC1(CN)N1CCC(C)(CC)CC1. The number of rotatable bonds is 4. The van der Waals surface area contributed by atoms with Crippen molar-refractivity contribution < 1.29 is 0 Å². The van der Waals surface area contributed by atoms with Gasteiger partial charge in [-0.3, -0.25) is 4.90 Å². The third-order valence-corrected chi connectivity index (χ3v) is 6.22. The molecule has 2 N–H and O–H groups in total. The Labute approximate surface area is 113 Å². The predicted octanol–water partition coefficient (Wildman–Crippen LogP) is 3.41. The molecule has 0 aromatic rings. The second kappa shape index (κ2) is 5.50. The van der Waals surface area contributed by atoms with Crippen LogP contribution in [0.4, 0.5) is 0 Å². The van der Waals surface area contributed by atoms with Crippen LogP contribution in [0.1, 0.15) is 65.7 Å². The molecule has 1 heterocycles. The summed E-state index contributed by atoms with van der Waals surface area (Å²) >= 11 is 0. The Bertz CT molecular complexity index is 268. The summed E-state index contributed by atoms with van der Waals surface area (Å²) in [6.07, 6.45) is 9.48. The zero-order chi connectivity index (χ0) is 13.2. The molecule has 0 amide bonds. The Hall–Kier alpha value is -0.0800. The van der Waals surface area contributed by atoms with Crippen LogP contribution in [0.2, 0.25) is 0 Å². The highest BCUT2D eigenvalue weighted by molar-refractivity contribution is 5.03. The molecule has 2 rings (SSSR count). The highest BCUT2D eigenvalue weighted by Gasteiger charge is 2.46. The molecule has 2 aliphatic rings. The van der Waals surface area contributed by atoms with Crippen LogP contribution in [0.25, 0.3) is 0 Å². The monoisotopic (exact) mass is 252 g/mol. The minimum Gasteiger partial charge on any atom is -0.329 e. The first-order valence-corrected chi connectivity index (χ1v) is 8.05. The molecule has 0 aromatic carbocycles. The van der Waals surface area contributed by atoms with E-state index in [9.17, 15) is 0 Å². The molecule has 2 nitrogen and oxygen atoms in total. The lowest BCUT2D eigenvalue weighted by Crippen LogP contribution is -2.59. The Morgan fingerprint density at radius 1 is 1.17 bits per heavy atom. The molecule has 1 saturated heterocycles. The number of hydrogen-bond acceptors (Lipinski definition) is 2. The second-order valence-corrected chi connectivity index (χ2v) is 6.96. The van der Waals surface area contributed by atoms with Gasteiger partial charge in [0.2, 0.25) is 0 Å². The van der Waals surface area contributed by atoms with Crippen molar-refractivity contribution in [3.05, 3.63) is 0 Å². The third kappa shape index (κ3) is 2.34.